The van der Waals surface area contributed by atoms with Crippen molar-refractivity contribution in [2.45, 2.75) is 39.9 Å². The number of hydrogen-bond donors (Lipinski definition) is 0. The summed E-state index contributed by atoms with van der Waals surface area (Å²) in [6.45, 7) is 6.34. The number of nitrogens with zero attached hydrogens (tertiary/aromatic N) is 2. The van der Waals surface area contributed by atoms with Crippen LogP contribution in [0, 0.1) is 6.92 Å². The number of ether oxygens (including phenoxy) is 3. The molecule has 3 rings (SSSR count). The number of amides is 2. The second kappa shape index (κ2) is 9.67. The van der Waals surface area contributed by atoms with E-state index < -0.39 is 0 Å². The van der Waals surface area contributed by atoms with Gasteiger partial charge in [0.25, 0.3) is 0 Å². The molecule has 1 aromatic carbocycles. The van der Waals surface area contributed by atoms with E-state index in [1.54, 1.807) is 4.90 Å². The van der Waals surface area contributed by atoms with Gasteiger partial charge in [0.05, 0.1) is 6.54 Å². The largest absolute Gasteiger partial charge is 0.464 e. The van der Waals surface area contributed by atoms with Gasteiger partial charge in [-0.2, -0.15) is 0 Å². The molecule has 0 spiro atoms. The van der Waals surface area contributed by atoms with Gasteiger partial charge in [-0.15, -0.1) is 0 Å². The first-order chi connectivity index (χ1) is 14.4. The van der Waals surface area contributed by atoms with E-state index in [1.165, 1.54) is 12.0 Å². The highest BCUT2D eigenvalue weighted by Crippen LogP contribution is 2.33. The van der Waals surface area contributed by atoms with Gasteiger partial charge in [0.1, 0.15) is 24.7 Å². The maximum Gasteiger partial charge on any atom is 0.249 e. The standard InChI is InChI=1S/C22H28N2O6/c1-15(2)24(22(26)13-27-4)12-21(25)23(11-18-7-5-16(3)30-18)10-17-6-8-19-20(9-17)29-14-28-19/h5-9,15H,10-14H2,1-4H3. The zero-order valence-electron chi connectivity index (χ0n) is 17.8. The molecule has 0 N–H and O–H groups in total. The first kappa shape index (κ1) is 21.7. The fraction of sp³-hybridized carbons (Fsp3) is 0.455. The van der Waals surface area contributed by atoms with Gasteiger partial charge in [0.15, 0.2) is 11.5 Å². The molecule has 8 heteroatoms. The number of benzene rings is 1. The molecule has 0 bridgehead atoms. The first-order valence-electron chi connectivity index (χ1n) is 9.87. The van der Waals surface area contributed by atoms with E-state index in [2.05, 4.69) is 0 Å². The monoisotopic (exact) mass is 416 g/mol. The van der Waals surface area contributed by atoms with Crippen molar-refractivity contribution >= 4 is 11.8 Å². The van der Waals surface area contributed by atoms with E-state index in [9.17, 15) is 9.59 Å². The Balaban J connectivity index is 1.79. The fourth-order valence-electron chi connectivity index (χ4n) is 3.26. The summed E-state index contributed by atoms with van der Waals surface area (Å²) in [6.07, 6.45) is 0. The van der Waals surface area contributed by atoms with Crippen molar-refractivity contribution in [3.05, 3.63) is 47.4 Å². The summed E-state index contributed by atoms with van der Waals surface area (Å²) in [5.41, 5.74) is 0.898. The minimum Gasteiger partial charge on any atom is -0.464 e. The van der Waals surface area contributed by atoms with E-state index in [4.69, 9.17) is 18.6 Å². The minimum atomic E-state index is -0.224. The predicted octanol–water partition coefficient (Wildman–Crippen LogP) is 2.73. The number of carbonyl (C=O) groups excluding carboxylic acids is 2. The number of fused-ring (bicyclic) bond motifs is 1. The van der Waals surface area contributed by atoms with Crippen LogP contribution in [0.4, 0.5) is 0 Å². The highest BCUT2D eigenvalue weighted by Gasteiger charge is 2.25. The van der Waals surface area contributed by atoms with Crippen molar-refractivity contribution in [1.82, 2.24) is 9.80 Å². The molecule has 0 atom stereocenters. The van der Waals surface area contributed by atoms with Crippen LogP contribution in [0.25, 0.3) is 0 Å². The number of methoxy groups -OCH3 is 1. The lowest BCUT2D eigenvalue weighted by atomic mass is 10.1. The molecule has 162 valence electrons. The molecular weight excluding hydrogens is 388 g/mol. The van der Waals surface area contributed by atoms with Crippen molar-refractivity contribution in [2.75, 3.05) is 27.1 Å². The quantitative estimate of drug-likeness (QED) is 0.625. The normalized spacial score (nSPS) is 12.3. The van der Waals surface area contributed by atoms with Crippen LogP contribution in [0.5, 0.6) is 11.5 Å². The van der Waals surface area contributed by atoms with Crippen LogP contribution < -0.4 is 9.47 Å². The minimum absolute atomic E-state index is 0.0376. The first-order valence-corrected chi connectivity index (χ1v) is 9.87. The summed E-state index contributed by atoms with van der Waals surface area (Å²) in [5.74, 6) is 2.40. The van der Waals surface area contributed by atoms with Gasteiger partial charge in [-0.1, -0.05) is 6.07 Å². The number of hydrogen-bond acceptors (Lipinski definition) is 6. The molecule has 1 aromatic heterocycles. The summed E-state index contributed by atoms with van der Waals surface area (Å²) >= 11 is 0. The fourth-order valence-corrected chi connectivity index (χ4v) is 3.26. The third kappa shape index (κ3) is 5.33. The van der Waals surface area contributed by atoms with Crippen LogP contribution in [0.15, 0.2) is 34.7 Å². The lowest BCUT2D eigenvalue weighted by Crippen LogP contribution is -2.46. The maximum absolute atomic E-state index is 13.2. The second-order valence-electron chi connectivity index (χ2n) is 7.50. The SMILES string of the molecule is COCC(=O)N(CC(=O)N(Cc1ccc2c(c1)OCO2)Cc1ccc(C)o1)C(C)C. The lowest BCUT2D eigenvalue weighted by molar-refractivity contribution is -0.145. The van der Waals surface area contributed by atoms with Crippen molar-refractivity contribution in [3.8, 4) is 11.5 Å². The molecule has 0 saturated heterocycles. The van der Waals surface area contributed by atoms with Gasteiger partial charge in [-0.05, 0) is 50.6 Å². The van der Waals surface area contributed by atoms with Gasteiger partial charge in [-0.3, -0.25) is 9.59 Å². The van der Waals surface area contributed by atoms with Crippen molar-refractivity contribution in [3.63, 3.8) is 0 Å². The van der Waals surface area contributed by atoms with E-state index >= 15 is 0 Å². The molecule has 1 aliphatic heterocycles. The number of furan rings is 1. The zero-order valence-corrected chi connectivity index (χ0v) is 17.8. The van der Waals surface area contributed by atoms with Crippen molar-refractivity contribution < 1.29 is 28.2 Å². The van der Waals surface area contributed by atoms with E-state index in [-0.39, 0.29) is 37.8 Å². The molecule has 0 fully saturated rings. The van der Waals surface area contributed by atoms with Crippen LogP contribution in [-0.2, 0) is 27.4 Å². The van der Waals surface area contributed by atoms with Gasteiger partial charge in [0.2, 0.25) is 18.6 Å². The predicted molar refractivity (Wildman–Crippen MR) is 109 cm³/mol. The Morgan fingerprint density at radius 1 is 1.07 bits per heavy atom. The Hall–Kier alpha value is -3.00. The highest BCUT2D eigenvalue weighted by molar-refractivity contribution is 5.85. The Morgan fingerprint density at radius 2 is 1.83 bits per heavy atom. The molecule has 2 heterocycles. The van der Waals surface area contributed by atoms with E-state index in [0.717, 1.165) is 11.3 Å². The van der Waals surface area contributed by atoms with Crippen LogP contribution in [-0.4, -0.2) is 54.7 Å². The Labute approximate surface area is 176 Å². The van der Waals surface area contributed by atoms with Crippen molar-refractivity contribution in [2.24, 2.45) is 0 Å². The van der Waals surface area contributed by atoms with Gasteiger partial charge in [-0.25, -0.2) is 0 Å². The van der Waals surface area contributed by atoms with E-state index in [1.807, 2.05) is 51.1 Å². The lowest BCUT2D eigenvalue weighted by Gasteiger charge is -2.29. The van der Waals surface area contributed by atoms with E-state index in [0.29, 0.717) is 30.3 Å². The Morgan fingerprint density at radius 3 is 2.50 bits per heavy atom. The smallest absolute Gasteiger partial charge is 0.249 e. The van der Waals surface area contributed by atoms with Crippen molar-refractivity contribution in [1.29, 1.82) is 0 Å². The van der Waals surface area contributed by atoms with Crippen LogP contribution >= 0.6 is 0 Å². The molecule has 30 heavy (non-hydrogen) atoms. The molecule has 2 amide bonds. The second-order valence-corrected chi connectivity index (χ2v) is 7.50. The molecule has 8 nitrogen and oxygen atoms in total. The number of aryl methyl sites for hydroxylation is 1. The van der Waals surface area contributed by atoms with Crippen LogP contribution in [0.1, 0.15) is 30.9 Å². The third-order valence-electron chi connectivity index (χ3n) is 4.82. The maximum atomic E-state index is 13.2. The molecule has 0 radical (unpaired) electrons. The van der Waals surface area contributed by atoms with Crippen LogP contribution in [0.2, 0.25) is 0 Å². The van der Waals surface area contributed by atoms with Gasteiger partial charge >= 0.3 is 0 Å². The summed E-state index contributed by atoms with van der Waals surface area (Å²) in [7, 11) is 1.46. The summed E-state index contributed by atoms with van der Waals surface area (Å²) in [4.78, 5) is 28.8. The molecular formula is C22H28N2O6. The van der Waals surface area contributed by atoms with Gasteiger partial charge in [0, 0.05) is 19.7 Å². The number of rotatable bonds is 9. The Kier molecular flexibility index (Phi) is 6.99. The third-order valence-corrected chi connectivity index (χ3v) is 4.82. The highest BCUT2D eigenvalue weighted by atomic mass is 16.7. The average Bonchev–Trinajstić information content (AvgIpc) is 3.33. The summed E-state index contributed by atoms with van der Waals surface area (Å²) in [6, 6.07) is 9.19. The summed E-state index contributed by atoms with van der Waals surface area (Å²) < 4.78 is 21.4. The summed E-state index contributed by atoms with van der Waals surface area (Å²) in [5, 5.41) is 0. The topological polar surface area (TPSA) is 81.5 Å². The van der Waals surface area contributed by atoms with Gasteiger partial charge < -0.3 is 28.4 Å². The average molecular weight is 416 g/mol. The molecule has 0 saturated carbocycles. The molecule has 1 aliphatic rings. The van der Waals surface area contributed by atoms with Crippen LogP contribution in [0.3, 0.4) is 0 Å². The molecule has 0 aliphatic carbocycles. The molecule has 2 aromatic rings. The number of carbonyl (C=O) groups is 2. The molecule has 0 unspecified atom stereocenters. The Bertz CT molecular complexity index is 892. The zero-order chi connectivity index (χ0) is 21.7.